The van der Waals surface area contributed by atoms with Crippen LogP contribution in [-0.2, 0) is 0 Å². The number of piperazine rings is 1. The number of carbonyl (C=O) groups is 1. The fraction of sp³-hybridized carbons (Fsp3) is 0.429. The second-order valence-electron chi connectivity index (χ2n) is 6.96. The van der Waals surface area contributed by atoms with Gasteiger partial charge in [-0.15, -0.1) is 0 Å². The highest BCUT2D eigenvalue weighted by Crippen LogP contribution is 2.21. The third-order valence-corrected chi connectivity index (χ3v) is 5.08. The average molecular weight is 352 g/mol. The van der Waals surface area contributed by atoms with E-state index in [0.717, 1.165) is 38.2 Å². The van der Waals surface area contributed by atoms with Gasteiger partial charge in [-0.05, 0) is 37.5 Å². The zero-order chi connectivity index (χ0) is 18.5. The van der Waals surface area contributed by atoms with E-state index in [0.29, 0.717) is 0 Å². The van der Waals surface area contributed by atoms with Gasteiger partial charge < -0.3 is 15.1 Å². The van der Waals surface area contributed by atoms with Crippen molar-refractivity contribution in [2.45, 2.75) is 33.2 Å². The Bertz CT molecular complexity index is 736. The second kappa shape index (κ2) is 8.21. The lowest BCUT2D eigenvalue weighted by atomic mass is 10.0. The number of nitrogens with zero attached hydrogens (tertiary/aromatic N) is 3. The molecule has 1 fully saturated rings. The third kappa shape index (κ3) is 4.15. The Morgan fingerprint density at radius 2 is 1.81 bits per heavy atom. The zero-order valence-electron chi connectivity index (χ0n) is 15.9. The SMILES string of the molecule is CCC(NC(=O)N1CCN(c2ccncc2C)CC1)c1ccc(C)cc1. The number of nitrogens with one attached hydrogen (secondary N) is 1. The van der Waals surface area contributed by atoms with Crippen LogP contribution in [0.25, 0.3) is 0 Å². The van der Waals surface area contributed by atoms with E-state index in [9.17, 15) is 4.79 Å². The third-order valence-electron chi connectivity index (χ3n) is 5.08. The normalized spacial score (nSPS) is 15.7. The molecule has 1 saturated heterocycles. The molecule has 1 unspecified atom stereocenters. The summed E-state index contributed by atoms with van der Waals surface area (Å²) in [5.74, 6) is 0. The lowest BCUT2D eigenvalue weighted by Gasteiger charge is -2.37. The van der Waals surface area contributed by atoms with E-state index >= 15 is 0 Å². The molecule has 1 aromatic carbocycles. The molecule has 0 aliphatic carbocycles. The van der Waals surface area contributed by atoms with Crippen LogP contribution in [0, 0.1) is 13.8 Å². The monoisotopic (exact) mass is 352 g/mol. The number of aryl methyl sites for hydroxylation is 2. The highest BCUT2D eigenvalue weighted by atomic mass is 16.2. The van der Waals surface area contributed by atoms with Gasteiger partial charge in [-0.1, -0.05) is 36.8 Å². The quantitative estimate of drug-likeness (QED) is 0.913. The Morgan fingerprint density at radius 3 is 2.42 bits per heavy atom. The topological polar surface area (TPSA) is 48.5 Å². The molecule has 2 heterocycles. The highest BCUT2D eigenvalue weighted by molar-refractivity contribution is 5.75. The van der Waals surface area contributed by atoms with Crippen molar-refractivity contribution in [2.75, 3.05) is 31.1 Å². The van der Waals surface area contributed by atoms with Gasteiger partial charge in [0.2, 0.25) is 0 Å². The van der Waals surface area contributed by atoms with E-state index in [2.05, 4.69) is 66.3 Å². The first-order valence-electron chi connectivity index (χ1n) is 9.36. The maximum atomic E-state index is 12.7. The molecule has 1 aromatic heterocycles. The van der Waals surface area contributed by atoms with Crippen molar-refractivity contribution in [1.82, 2.24) is 15.2 Å². The molecule has 1 atom stereocenters. The van der Waals surface area contributed by atoms with Crippen LogP contribution in [0.2, 0.25) is 0 Å². The number of carbonyl (C=O) groups excluding carboxylic acids is 1. The Balaban J connectivity index is 1.58. The van der Waals surface area contributed by atoms with E-state index in [1.54, 1.807) is 0 Å². The summed E-state index contributed by atoms with van der Waals surface area (Å²) in [5.41, 5.74) is 4.79. The fourth-order valence-corrected chi connectivity index (χ4v) is 3.43. The molecule has 1 aliphatic heterocycles. The number of anilines is 1. The predicted octanol–water partition coefficient (Wildman–Crippen LogP) is 3.68. The standard InChI is InChI=1S/C21H28N4O/c1-4-19(18-7-5-16(2)6-8-18)23-21(26)25-13-11-24(12-14-25)20-9-10-22-15-17(20)3/h5-10,15,19H,4,11-14H2,1-3H3,(H,23,26). The summed E-state index contributed by atoms with van der Waals surface area (Å²) in [6, 6.07) is 10.5. The summed E-state index contributed by atoms with van der Waals surface area (Å²) in [6.45, 7) is 9.42. The molecule has 3 rings (SSSR count). The molecule has 5 nitrogen and oxygen atoms in total. The lowest BCUT2D eigenvalue weighted by Crippen LogP contribution is -2.52. The molecule has 0 saturated carbocycles. The van der Waals surface area contributed by atoms with Gasteiger partial charge in [-0.2, -0.15) is 0 Å². The summed E-state index contributed by atoms with van der Waals surface area (Å²) in [4.78, 5) is 21.1. The number of aromatic nitrogens is 1. The number of urea groups is 1. The molecule has 1 aliphatic rings. The van der Waals surface area contributed by atoms with Gasteiger partial charge in [0.05, 0.1) is 6.04 Å². The van der Waals surface area contributed by atoms with Crippen LogP contribution in [0.15, 0.2) is 42.7 Å². The van der Waals surface area contributed by atoms with Crippen LogP contribution in [0.1, 0.15) is 36.1 Å². The van der Waals surface area contributed by atoms with Crippen molar-refractivity contribution >= 4 is 11.7 Å². The smallest absolute Gasteiger partial charge is 0.318 e. The molecule has 0 radical (unpaired) electrons. The number of hydrogen-bond acceptors (Lipinski definition) is 3. The molecular weight excluding hydrogens is 324 g/mol. The summed E-state index contributed by atoms with van der Waals surface area (Å²) >= 11 is 0. The molecule has 5 heteroatoms. The number of rotatable bonds is 4. The first-order chi connectivity index (χ1) is 12.6. The summed E-state index contributed by atoms with van der Waals surface area (Å²) in [6.07, 6.45) is 4.60. The van der Waals surface area contributed by atoms with Gasteiger partial charge in [0.1, 0.15) is 0 Å². The van der Waals surface area contributed by atoms with Crippen molar-refractivity contribution in [3.63, 3.8) is 0 Å². The summed E-state index contributed by atoms with van der Waals surface area (Å²) < 4.78 is 0. The molecule has 0 spiro atoms. The van der Waals surface area contributed by atoms with Crippen LogP contribution in [0.4, 0.5) is 10.5 Å². The minimum Gasteiger partial charge on any atom is -0.368 e. The number of pyridine rings is 1. The van der Waals surface area contributed by atoms with Gasteiger partial charge in [0, 0.05) is 44.3 Å². The highest BCUT2D eigenvalue weighted by Gasteiger charge is 2.23. The van der Waals surface area contributed by atoms with E-state index in [-0.39, 0.29) is 12.1 Å². The molecule has 26 heavy (non-hydrogen) atoms. The largest absolute Gasteiger partial charge is 0.368 e. The van der Waals surface area contributed by atoms with Crippen molar-refractivity contribution in [3.05, 3.63) is 59.4 Å². The Morgan fingerprint density at radius 1 is 1.12 bits per heavy atom. The minimum atomic E-state index is 0.0310. The van der Waals surface area contributed by atoms with E-state index in [4.69, 9.17) is 0 Å². The minimum absolute atomic E-state index is 0.0310. The van der Waals surface area contributed by atoms with Crippen molar-refractivity contribution in [2.24, 2.45) is 0 Å². The number of hydrogen-bond donors (Lipinski definition) is 1. The molecule has 2 amide bonds. The fourth-order valence-electron chi connectivity index (χ4n) is 3.43. The maximum absolute atomic E-state index is 12.7. The Hall–Kier alpha value is -2.56. The van der Waals surface area contributed by atoms with Crippen LogP contribution in [0.5, 0.6) is 0 Å². The van der Waals surface area contributed by atoms with Gasteiger partial charge in [0.25, 0.3) is 0 Å². The molecule has 1 N–H and O–H groups in total. The van der Waals surface area contributed by atoms with Gasteiger partial charge in [-0.3, -0.25) is 4.98 Å². The van der Waals surface area contributed by atoms with Gasteiger partial charge in [0.15, 0.2) is 0 Å². The molecule has 0 bridgehead atoms. The molecular formula is C21H28N4O. The van der Waals surface area contributed by atoms with Crippen molar-refractivity contribution in [3.8, 4) is 0 Å². The van der Waals surface area contributed by atoms with Gasteiger partial charge in [-0.25, -0.2) is 4.79 Å². The van der Waals surface area contributed by atoms with Crippen LogP contribution >= 0.6 is 0 Å². The molecule has 138 valence electrons. The second-order valence-corrected chi connectivity index (χ2v) is 6.96. The van der Waals surface area contributed by atoms with Crippen molar-refractivity contribution < 1.29 is 4.79 Å². The maximum Gasteiger partial charge on any atom is 0.318 e. The van der Waals surface area contributed by atoms with E-state index in [1.165, 1.54) is 16.8 Å². The first-order valence-corrected chi connectivity index (χ1v) is 9.36. The van der Waals surface area contributed by atoms with E-state index in [1.807, 2.05) is 17.3 Å². The predicted molar refractivity (Wildman–Crippen MR) is 106 cm³/mol. The van der Waals surface area contributed by atoms with Crippen LogP contribution < -0.4 is 10.2 Å². The van der Waals surface area contributed by atoms with Crippen LogP contribution in [0.3, 0.4) is 0 Å². The average Bonchev–Trinajstić information content (AvgIpc) is 2.67. The molecule has 2 aromatic rings. The summed E-state index contributed by atoms with van der Waals surface area (Å²) in [5, 5.41) is 3.20. The zero-order valence-corrected chi connectivity index (χ0v) is 15.9. The number of amides is 2. The lowest BCUT2D eigenvalue weighted by molar-refractivity contribution is 0.190. The van der Waals surface area contributed by atoms with E-state index < -0.39 is 0 Å². The Kier molecular flexibility index (Phi) is 5.76. The van der Waals surface area contributed by atoms with Gasteiger partial charge >= 0.3 is 6.03 Å². The van der Waals surface area contributed by atoms with Crippen LogP contribution in [-0.4, -0.2) is 42.1 Å². The Labute approximate surface area is 156 Å². The number of benzene rings is 1. The van der Waals surface area contributed by atoms with Crippen molar-refractivity contribution in [1.29, 1.82) is 0 Å². The first kappa shape index (κ1) is 18.2. The summed E-state index contributed by atoms with van der Waals surface area (Å²) in [7, 11) is 0.